The smallest absolute Gasteiger partial charge is 0.114 e. The zero-order valence-corrected chi connectivity index (χ0v) is 11.3. The lowest BCUT2D eigenvalue weighted by molar-refractivity contribution is 0.501. The first kappa shape index (κ1) is 11.6. The first-order valence-electron chi connectivity index (χ1n) is 4.88. The van der Waals surface area contributed by atoms with E-state index in [4.69, 9.17) is 10.2 Å². The SMILES string of the molecule is Cc1ccc(CSc2cc(Br)ccc2N)o1. The van der Waals surface area contributed by atoms with Crippen molar-refractivity contribution in [2.75, 3.05) is 5.73 Å². The zero-order valence-electron chi connectivity index (χ0n) is 8.87. The highest BCUT2D eigenvalue weighted by Crippen LogP contribution is 2.30. The molecule has 0 atom stereocenters. The second-order valence-corrected chi connectivity index (χ2v) is 5.42. The maximum atomic E-state index is 5.89. The summed E-state index contributed by atoms with van der Waals surface area (Å²) in [5, 5.41) is 0. The number of hydrogen-bond acceptors (Lipinski definition) is 3. The number of thioether (sulfide) groups is 1. The van der Waals surface area contributed by atoms with Gasteiger partial charge in [-0.15, -0.1) is 11.8 Å². The molecule has 1 heterocycles. The summed E-state index contributed by atoms with van der Waals surface area (Å²) < 4.78 is 6.54. The van der Waals surface area contributed by atoms with Crippen molar-refractivity contribution >= 4 is 33.4 Å². The second kappa shape index (κ2) is 4.97. The largest absolute Gasteiger partial charge is 0.465 e. The number of halogens is 1. The molecule has 2 nitrogen and oxygen atoms in total. The monoisotopic (exact) mass is 297 g/mol. The Bertz CT molecular complexity index is 496. The second-order valence-electron chi connectivity index (χ2n) is 3.48. The fourth-order valence-corrected chi connectivity index (χ4v) is 2.76. The van der Waals surface area contributed by atoms with Crippen molar-refractivity contribution in [3.8, 4) is 0 Å². The van der Waals surface area contributed by atoms with Gasteiger partial charge in [0, 0.05) is 15.1 Å². The van der Waals surface area contributed by atoms with Crippen LogP contribution in [0.2, 0.25) is 0 Å². The highest BCUT2D eigenvalue weighted by atomic mass is 79.9. The molecule has 84 valence electrons. The van der Waals surface area contributed by atoms with E-state index in [0.717, 1.165) is 32.3 Å². The predicted molar refractivity (Wildman–Crippen MR) is 71.6 cm³/mol. The first-order chi connectivity index (χ1) is 7.65. The van der Waals surface area contributed by atoms with Crippen LogP contribution >= 0.6 is 27.7 Å². The minimum atomic E-state index is 0.800. The van der Waals surface area contributed by atoms with Gasteiger partial charge in [-0.05, 0) is 37.3 Å². The van der Waals surface area contributed by atoms with Crippen molar-refractivity contribution in [1.82, 2.24) is 0 Å². The first-order valence-corrected chi connectivity index (χ1v) is 6.66. The maximum Gasteiger partial charge on any atom is 0.114 e. The van der Waals surface area contributed by atoms with Crippen LogP contribution in [0.1, 0.15) is 11.5 Å². The zero-order chi connectivity index (χ0) is 11.5. The molecule has 4 heteroatoms. The number of furan rings is 1. The molecular formula is C12H12BrNOS. The van der Waals surface area contributed by atoms with Crippen LogP contribution in [-0.4, -0.2) is 0 Å². The van der Waals surface area contributed by atoms with Gasteiger partial charge in [-0.1, -0.05) is 15.9 Å². The summed E-state index contributed by atoms with van der Waals surface area (Å²) >= 11 is 5.11. The third-order valence-corrected chi connectivity index (χ3v) is 3.73. The van der Waals surface area contributed by atoms with E-state index in [-0.39, 0.29) is 0 Å². The van der Waals surface area contributed by atoms with Gasteiger partial charge in [0.1, 0.15) is 11.5 Å². The summed E-state index contributed by atoms with van der Waals surface area (Å²) in [5.74, 6) is 2.72. The third-order valence-electron chi connectivity index (χ3n) is 2.14. The van der Waals surface area contributed by atoms with Gasteiger partial charge in [0.05, 0.1) is 5.75 Å². The van der Waals surface area contributed by atoms with Crippen LogP contribution in [0.25, 0.3) is 0 Å². The number of hydrogen-bond donors (Lipinski definition) is 1. The van der Waals surface area contributed by atoms with Gasteiger partial charge in [0.25, 0.3) is 0 Å². The Balaban J connectivity index is 2.07. The van der Waals surface area contributed by atoms with Crippen molar-refractivity contribution < 1.29 is 4.42 Å². The number of nitrogen functional groups attached to an aromatic ring is 1. The number of aryl methyl sites for hydroxylation is 1. The molecule has 0 aliphatic rings. The number of rotatable bonds is 3. The Morgan fingerprint density at radius 1 is 1.31 bits per heavy atom. The fraction of sp³-hybridized carbons (Fsp3) is 0.167. The van der Waals surface area contributed by atoms with E-state index in [1.165, 1.54) is 0 Å². The molecule has 2 aromatic rings. The molecule has 0 radical (unpaired) electrons. The molecule has 0 saturated carbocycles. The van der Waals surface area contributed by atoms with Crippen molar-refractivity contribution in [2.24, 2.45) is 0 Å². The van der Waals surface area contributed by atoms with Gasteiger partial charge in [0.15, 0.2) is 0 Å². The summed E-state index contributed by atoms with van der Waals surface area (Å²) in [6, 6.07) is 9.84. The van der Waals surface area contributed by atoms with Crippen molar-refractivity contribution in [2.45, 2.75) is 17.6 Å². The summed E-state index contributed by atoms with van der Waals surface area (Å²) in [7, 11) is 0. The minimum Gasteiger partial charge on any atom is -0.465 e. The normalized spacial score (nSPS) is 10.6. The molecule has 0 saturated heterocycles. The van der Waals surface area contributed by atoms with Gasteiger partial charge < -0.3 is 10.2 Å². The Morgan fingerprint density at radius 3 is 2.81 bits per heavy atom. The fourth-order valence-electron chi connectivity index (χ4n) is 1.34. The molecular weight excluding hydrogens is 286 g/mol. The standard InChI is InChI=1S/C12H12BrNOS/c1-8-2-4-10(15-8)7-16-12-6-9(13)3-5-11(12)14/h2-6H,7,14H2,1H3. The molecule has 16 heavy (non-hydrogen) atoms. The number of anilines is 1. The van der Waals surface area contributed by atoms with Gasteiger partial charge in [-0.3, -0.25) is 0 Å². The van der Waals surface area contributed by atoms with Crippen molar-refractivity contribution in [3.63, 3.8) is 0 Å². The van der Waals surface area contributed by atoms with Gasteiger partial charge >= 0.3 is 0 Å². The van der Waals surface area contributed by atoms with Crippen LogP contribution < -0.4 is 5.73 Å². The predicted octanol–water partition coefficient (Wildman–Crippen LogP) is 4.23. The van der Waals surface area contributed by atoms with E-state index in [9.17, 15) is 0 Å². The molecule has 0 aliphatic carbocycles. The molecule has 0 aliphatic heterocycles. The van der Waals surface area contributed by atoms with Gasteiger partial charge in [0.2, 0.25) is 0 Å². The Morgan fingerprint density at radius 2 is 2.12 bits per heavy atom. The van der Waals surface area contributed by atoms with Crippen LogP contribution in [0, 0.1) is 6.92 Å². The van der Waals surface area contributed by atoms with Crippen molar-refractivity contribution in [3.05, 3.63) is 46.3 Å². The lowest BCUT2D eigenvalue weighted by atomic mass is 10.3. The van der Waals surface area contributed by atoms with E-state index < -0.39 is 0 Å². The number of nitrogens with two attached hydrogens (primary N) is 1. The van der Waals surface area contributed by atoms with Crippen LogP contribution in [0.15, 0.2) is 44.1 Å². The van der Waals surface area contributed by atoms with E-state index in [1.54, 1.807) is 11.8 Å². The molecule has 2 rings (SSSR count). The maximum absolute atomic E-state index is 5.89. The molecule has 2 N–H and O–H groups in total. The Labute approximate surface area is 107 Å². The molecule has 0 spiro atoms. The van der Waals surface area contributed by atoms with Gasteiger partial charge in [-0.2, -0.15) is 0 Å². The number of benzene rings is 1. The highest BCUT2D eigenvalue weighted by Gasteiger charge is 2.04. The van der Waals surface area contributed by atoms with E-state index >= 15 is 0 Å². The average molecular weight is 298 g/mol. The minimum absolute atomic E-state index is 0.800. The summed E-state index contributed by atoms with van der Waals surface area (Å²) in [6.45, 7) is 1.95. The molecule has 1 aromatic carbocycles. The lowest BCUT2D eigenvalue weighted by Gasteiger charge is -2.04. The van der Waals surface area contributed by atoms with Crippen LogP contribution in [0.3, 0.4) is 0 Å². The average Bonchev–Trinajstić information content (AvgIpc) is 2.66. The quantitative estimate of drug-likeness (QED) is 0.681. The lowest BCUT2D eigenvalue weighted by Crippen LogP contribution is -1.88. The molecule has 0 unspecified atom stereocenters. The summed E-state index contributed by atoms with van der Waals surface area (Å²) in [5.41, 5.74) is 6.69. The summed E-state index contributed by atoms with van der Waals surface area (Å²) in [4.78, 5) is 1.07. The van der Waals surface area contributed by atoms with E-state index in [0.29, 0.717) is 0 Å². The van der Waals surface area contributed by atoms with Crippen LogP contribution in [0.4, 0.5) is 5.69 Å². The molecule has 0 bridgehead atoms. The van der Waals surface area contributed by atoms with E-state index in [2.05, 4.69) is 15.9 Å². The Hall–Kier alpha value is -0.870. The third kappa shape index (κ3) is 2.83. The van der Waals surface area contributed by atoms with Gasteiger partial charge in [-0.25, -0.2) is 0 Å². The van der Waals surface area contributed by atoms with Crippen molar-refractivity contribution in [1.29, 1.82) is 0 Å². The summed E-state index contributed by atoms with van der Waals surface area (Å²) in [6.07, 6.45) is 0. The highest BCUT2D eigenvalue weighted by molar-refractivity contribution is 9.10. The topological polar surface area (TPSA) is 39.2 Å². The van der Waals surface area contributed by atoms with E-state index in [1.807, 2.05) is 37.3 Å². The Kier molecular flexibility index (Phi) is 3.61. The molecule has 0 amide bonds. The van der Waals surface area contributed by atoms with Crippen LogP contribution in [0.5, 0.6) is 0 Å². The molecule has 0 fully saturated rings. The molecule has 1 aromatic heterocycles. The van der Waals surface area contributed by atoms with Crippen LogP contribution in [-0.2, 0) is 5.75 Å².